The van der Waals surface area contributed by atoms with Crippen LogP contribution in [0.3, 0.4) is 0 Å². The monoisotopic (exact) mass is 443 g/mol. The fourth-order valence-electron chi connectivity index (χ4n) is 3.28. The number of rotatable bonds is 7. The Balaban J connectivity index is 1.37. The van der Waals surface area contributed by atoms with Crippen molar-refractivity contribution in [1.29, 1.82) is 0 Å². The third-order valence-electron chi connectivity index (χ3n) is 4.88. The van der Waals surface area contributed by atoms with Gasteiger partial charge in [-0.15, -0.1) is 0 Å². The summed E-state index contributed by atoms with van der Waals surface area (Å²) >= 11 is 5.95. The Labute approximate surface area is 189 Å². The molecule has 2 aromatic heterocycles. The van der Waals surface area contributed by atoms with Crippen LogP contribution in [0.1, 0.15) is 23.4 Å². The van der Waals surface area contributed by atoms with Crippen LogP contribution >= 0.6 is 11.6 Å². The molecule has 1 atom stereocenters. The van der Waals surface area contributed by atoms with Gasteiger partial charge in [-0.25, -0.2) is 0 Å². The molecule has 32 heavy (non-hydrogen) atoms. The fourth-order valence-corrected chi connectivity index (χ4v) is 3.41. The maximum Gasteiger partial charge on any atom is 0.248 e. The van der Waals surface area contributed by atoms with Crippen molar-refractivity contribution in [2.24, 2.45) is 0 Å². The summed E-state index contributed by atoms with van der Waals surface area (Å²) in [4.78, 5) is 9.08. The van der Waals surface area contributed by atoms with Crippen molar-refractivity contribution in [2.75, 3.05) is 0 Å². The van der Waals surface area contributed by atoms with Crippen molar-refractivity contribution < 1.29 is 9.05 Å². The standard InChI is InChI=1S/C24H18ClN5O2/c25-19-13-11-18(12-14-19)22-27-20(31-29-22)15-26-21(16-7-3-1-4-8-16)24-28-23(30-32-24)17-9-5-2-6-10-17/h1-14,21,26H,15H2. The van der Waals surface area contributed by atoms with Crippen LogP contribution < -0.4 is 5.32 Å². The third-order valence-corrected chi connectivity index (χ3v) is 5.13. The van der Waals surface area contributed by atoms with Crippen molar-refractivity contribution in [3.63, 3.8) is 0 Å². The molecule has 0 saturated heterocycles. The van der Waals surface area contributed by atoms with Gasteiger partial charge >= 0.3 is 0 Å². The smallest absolute Gasteiger partial charge is 0.248 e. The first kappa shape index (κ1) is 20.1. The average Bonchev–Trinajstić information content (AvgIpc) is 3.52. The lowest BCUT2D eigenvalue weighted by Gasteiger charge is -2.13. The summed E-state index contributed by atoms with van der Waals surface area (Å²) in [5.74, 6) is 1.93. The zero-order valence-corrected chi connectivity index (χ0v) is 17.6. The van der Waals surface area contributed by atoms with Crippen LogP contribution in [-0.4, -0.2) is 20.3 Å². The van der Waals surface area contributed by atoms with Gasteiger partial charge in [0.1, 0.15) is 6.04 Å². The van der Waals surface area contributed by atoms with E-state index in [-0.39, 0.29) is 6.04 Å². The summed E-state index contributed by atoms with van der Waals surface area (Å²) in [6, 6.07) is 26.5. The molecule has 0 amide bonds. The van der Waals surface area contributed by atoms with E-state index in [0.717, 1.165) is 16.7 Å². The molecule has 0 spiro atoms. The summed E-state index contributed by atoms with van der Waals surface area (Å²) in [6.07, 6.45) is 0. The van der Waals surface area contributed by atoms with Crippen LogP contribution in [0.5, 0.6) is 0 Å². The van der Waals surface area contributed by atoms with Crippen molar-refractivity contribution in [3.05, 3.63) is 107 Å². The lowest BCUT2D eigenvalue weighted by atomic mass is 10.1. The summed E-state index contributed by atoms with van der Waals surface area (Å²) in [5, 5.41) is 12.3. The van der Waals surface area contributed by atoms with Crippen LogP contribution in [0.15, 0.2) is 94.0 Å². The van der Waals surface area contributed by atoms with Gasteiger partial charge in [0, 0.05) is 16.1 Å². The highest BCUT2D eigenvalue weighted by Gasteiger charge is 2.22. The average molecular weight is 444 g/mol. The minimum Gasteiger partial charge on any atom is -0.338 e. The third kappa shape index (κ3) is 4.44. The highest BCUT2D eigenvalue weighted by molar-refractivity contribution is 6.30. The van der Waals surface area contributed by atoms with Gasteiger partial charge in [0.2, 0.25) is 23.4 Å². The van der Waals surface area contributed by atoms with Gasteiger partial charge in [-0.2, -0.15) is 9.97 Å². The molecule has 5 aromatic rings. The number of halogens is 1. The number of benzene rings is 3. The Hall–Kier alpha value is -3.81. The van der Waals surface area contributed by atoms with Crippen molar-refractivity contribution in [1.82, 2.24) is 25.6 Å². The highest BCUT2D eigenvalue weighted by Crippen LogP contribution is 2.24. The van der Waals surface area contributed by atoms with Gasteiger partial charge in [-0.1, -0.05) is 82.6 Å². The zero-order valence-electron chi connectivity index (χ0n) is 16.9. The number of nitrogens with one attached hydrogen (secondary N) is 1. The predicted octanol–water partition coefficient (Wildman–Crippen LogP) is 5.32. The van der Waals surface area contributed by atoms with Gasteiger partial charge in [0.25, 0.3) is 0 Å². The Bertz CT molecular complexity index is 1290. The molecule has 0 radical (unpaired) electrons. The molecule has 5 rings (SSSR count). The van der Waals surface area contributed by atoms with Gasteiger partial charge < -0.3 is 9.05 Å². The summed E-state index contributed by atoms with van der Waals surface area (Å²) in [5.41, 5.74) is 2.69. The summed E-state index contributed by atoms with van der Waals surface area (Å²) in [6.45, 7) is 0.323. The molecule has 158 valence electrons. The highest BCUT2D eigenvalue weighted by atomic mass is 35.5. The van der Waals surface area contributed by atoms with E-state index in [9.17, 15) is 0 Å². The SMILES string of the molecule is Clc1ccc(-c2noc(CNC(c3ccccc3)c3nc(-c4ccccc4)no3)n2)cc1. The number of aromatic nitrogens is 4. The molecular formula is C24H18ClN5O2. The molecule has 1 unspecified atom stereocenters. The van der Waals surface area contributed by atoms with Gasteiger partial charge in [0.05, 0.1) is 6.54 Å². The first-order valence-corrected chi connectivity index (χ1v) is 10.4. The van der Waals surface area contributed by atoms with Gasteiger partial charge in [-0.05, 0) is 29.8 Å². The van der Waals surface area contributed by atoms with Crippen molar-refractivity contribution in [2.45, 2.75) is 12.6 Å². The molecule has 2 heterocycles. The first-order valence-electron chi connectivity index (χ1n) is 10.0. The van der Waals surface area contributed by atoms with E-state index in [1.807, 2.05) is 72.8 Å². The predicted molar refractivity (Wildman–Crippen MR) is 120 cm³/mol. The number of hydrogen-bond donors (Lipinski definition) is 1. The van der Waals surface area contributed by atoms with E-state index < -0.39 is 0 Å². The van der Waals surface area contributed by atoms with Crippen LogP contribution in [0, 0.1) is 0 Å². The molecule has 8 heteroatoms. The Kier molecular flexibility index (Phi) is 5.74. The molecule has 3 aromatic carbocycles. The van der Waals surface area contributed by atoms with E-state index >= 15 is 0 Å². The quantitative estimate of drug-likeness (QED) is 0.364. The summed E-state index contributed by atoms with van der Waals surface area (Å²) in [7, 11) is 0. The molecule has 0 saturated carbocycles. The molecule has 0 bridgehead atoms. The van der Waals surface area contributed by atoms with E-state index in [4.69, 9.17) is 20.6 Å². The largest absolute Gasteiger partial charge is 0.338 e. The second kappa shape index (κ2) is 9.13. The van der Waals surface area contributed by atoms with Crippen molar-refractivity contribution >= 4 is 11.6 Å². The molecule has 0 fully saturated rings. The molecule has 0 aliphatic carbocycles. The van der Waals surface area contributed by atoms with Gasteiger partial charge in [-0.3, -0.25) is 5.32 Å². The zero-order chi connectivity index (χ0) is 21.8. The maximum absolute atomic E-state index is 5.95. The van der Waals surface area contributed by atoms with Crippen LogP contribution in [-0.2, 0) is 6.54 Å². The minimum absolute atomic E-state index is 0.323. The maximum atomic E-state index is 5.95. The lowest BCUT2D eigenvalue weighted by Crippen LogP contribution is -2.22. The number of hydrogen-bond acceptors (Lipinski definition) is 7. The van der Waals surface area contributed by atoms with Crippen molar-refractivity contribution in [3.8, 4) is 22.8 Å². The van der Waals surface area contributed by atoms with E-state index in [2.05, 4.69) is 25.6 Å². The molecule has 7 nitrogen and oxygen atoms in total. The van der Waals surface area contributed by atoms with Crippen LogP contribution in [0.2, 0.25) is 5.02 Å². The minimum atomic E-state index is -0.341. The van der Waals surface area contributed by atoms with Crippen LogP contribution in [0.4, 0.5) is 0 Å². The van der Waals surface area contributed by atoms with E-state index in [0.29, 0.717) is 35.0 Å². The van der Waals surface area contributed by atoms with Crippen LogP contribution in [0.25, 0.3) is 22.8 Å². The molecule has 0 aliphatic rings. The van der Waals surface area contributed by atoms with Gasteiger partial charge in [0.15, 0.2) is 0 Å². The second-order valence-corrected chi connectivity index (χ2v) is 7.50. The topological polar surface area (TPSA) is 89.9 Å². The molecule has 1 N–H and O–H groups in total. The van der Waals surface area contributed by atoms with E-state index in [1.54, 1.807) is 12.1 Å². The first-order chi connectivity index (χ1) is 15.8. The Morgan fingerprint density at radius 2 is 1.34 bits per heavy atom. The normalized spacial score (nSPS) is 12.0. The summed E-state index contributed by atoms with van der Waals surface area (Å²) < 4.78 is 11.0. The Morgan fingerprint density at radius 3 is 2.09 bits per heavy atom. The Morgan fingerprint density at radius 1 is 0.719 bits per heavy atom. The molecule has 0 aliphatic heterocycles. The lowest BCUT2D eigenvalue weighted by molar-refractivity contribution is 0.328. The number of nitrogens with zero attached hydrogens (tertiary/aromatic N) is 4. The second-order valence-electron chi connectivity index (χ2n) is 7.07. The molecular weight excluding hydrogens is 426 g/mol. The van der Waals surface area contributed by atoms with E-state index in [1.165, 1.54) is 0 Å². The fraction of sp³-hybridized carbons (Fsp3) is 0.0833.